The highest BCUT2D eigenvalue weighted by atomic mass is 35.5. The average molecular weight is 337 g/mol. The van der Waals surface area contributed by atoms with Gasteiger partial charge in [-0.2, -0.15) is 18.4 Å². The molecule has 0 bridgehead atoms. The van der Waals surface area contributed by atoms with Gasteiger partial charge in [0.2, 0.25) is 0 Å². The Labute approximate surface area is 133 Å². The van der Waals surface area contributed by atoms with Crippen LogP contribution in [0.4, 0.5) is 13.2 Å². The molecule has 3 aromatic heterocycles. The van der Waals surface area contributed by atoms with E-state index in [0.717, 1.165) is 4.57 Å². The van der Waals surface area contributed by atoms with Gasteiger partial charge in [0.05, 0.1) is 39.0 Å². The first-order valence-corrected chi connectivity index (χ1v) is 6.79. The molecule has 0 aliphatic carbocycles. The van der Waals surface area contributed by atoms with Gasteiger partial charge >= 0.3 is 6.18 Å². The molecule has 116 valence electrons. The molecular weight excluding hydrogens is 329 g/mol. The van der Waals surface area contributed by atoms with Crippen molar-refractivity contribution in [2.45, 2.75) is 12.7 Å². The lowest BCUT2D eigenvalue weighted by Gasteiger charge is -2.11. The van der Waals surface area contributed by atoms with Crippen LogP contribution in [-0.4, -0.2) is 20.7 Å². The molecule has 0 unspecified atom stereocenters. The number of pyridine rings is 2. The Morgan fingerprint density at radius 1 is 1.35 bits per heavy atom. The van der Waals surface area contributed by atoms with Crippen LogP contribution in [0.5, 0.6) is 0 Å². The Morgan fingerprint density at radius 2 is 2.09 bits per heavy atom. The van der Waals surface area contributed by atoms with Gasteiger partial charge in [-0.3, -0.25) is 9.97 Å². The highest BCUT2D eigenvalue weighted by Gasteiger charge is 2.31. The van der Waals surface area contributed by atoms with Crippen molar-refractivity contribution >= 4 is 39.6 Å². The molecule has 4 nitrogen and oxygen atoms in total. The lowest BCUT2D eigenvalue weighted by atomic mass is 10.2. The molecule has 0 saturated heterocycles. The molecule has 3 rings (SSSR count). The van der Waals surface area contributed by atoms with Crippen LogP contribution in [0.2, 0.25) is 5.02 Å². The summed E-state index contributed by atoms with van der Waals surface area (Å²) in [6, 6.07) is 3.41. The maximum absolute atomic E-state index is 12.9. The van der Waals surface area contributed by atoms with Crippen LogP contribution >= 0.6 is 11.6 Å². The van der Waals surface area contributed by atoms with E-state index in [1.165, 1.54) is 18.5 Å². The summed E-state index contributed by atoms with van der Waals surface area (Å²) >= 11 is 6.13. The van der Waals surface area contributed by atoms with Crippen molar-refractivity contribution < 1.29 is 13.2 Å². The van der Waals surface area contributed by atoms with E-state index in [4.69, 9.17) is 16.9 Å². The second-order valence-electron chi connectivity index (χ2n) is 4.83. The molecular formula is C15H8ClF3N4. The minimum Gasteiger partial charge on any atom is -0.327 e. The number of halogens is 4. The zero-order chi connectivity index (χ0) is 16.8. The third kappa shape index (κ3) is 2.51. The largest absolute Gasteiger partial charge is 0.406 e. The molecule has 8 heteroatoms. The van der Waals surface area contributed by atoms with Gasteiger partial charge < -0.3 is 4.57 Å². The third-order valence-corrected chi connectivity index (χ3v) is 3.76. The third-order valence-electron chi connectivity index (χ3n) is 3.38. The molecule has 0 radical (unpaired) electrons. The van der Waals surface area contributed by atoms with Gasteiger partial charge in [0.1, 0.15) is 12.6 Å². The van der Waals surface area contributed by atoms with Crippen LogP contribution in [0.1, 0.15) is 11.3 Å². The van der Waals surface area contributed by atoms with Crippen molar-refractivity contribution in [3.05, 3.63) is 41.3 Å². The van der Waals surface area contributed by atoms with E-state index >= 15 is 0 Å². The number of aromatic nitrogens is 3. The van der Waals surface area contributed by atoms with Gasteiger partial charge in [-0.25, -0.2) is 0 Å². The van der Waals surface area contributed by atoms with E-state index in [9.17, 15) is 13.2 Å². The molecule has 0 spiro atoms. The first-order valence-electron chi connectivity index (χ1n) is 6.41. The summed E-state index contributed by atoms with van der Waals surface area (Å²) in [5.74, 6) is 0. The molecule has 0 aromatic carbocycles. The van der Waals surface area contributed by atoms with E-state index in [0.29, 0.717) is 16.6 Å². The van der Waals surface area contributed by atoms with Crippen molar-refractivity contribution in [1.29, 1.82) is 5.26 Å². The Bertz CT molecular complexity index is 982. The fourth-order valence-corrected chi connectivity index (χ4v) is 2.73. The highest BCUT2D eigenvalue weighted by Crippen LogP contribution is 2.35. The number of nitriles is 1. The number of hydrogen-bond acceptors (Lipinski definition) is 3. The van der Waals surface area contributed by atoms with Crippen molar-refractivity contribution in [3.8, 4) is 6.07 Å². The SMILES string of the molecule is C=Cc1cc2c3ncc(C#N)c(Cl)c3n(CC(F)(F)F)c2cn1. The first-order chi connectivity index (χ1) is 10.9. The number of rotatable bonds is 2. The lowest BCUT2D eigenvalue weighted by Crippen LogP contribution is -2.17. The number of alkyl halides is 3. The summed E-state index contributed by atoms with van der Waals surface area (Å²) in [6.07, 6.45) is -0.405. The normalized spacial score (nSPS) is 11.8. The maximum Gasteiger partial charge on any atom is 0.406 e. The van der Waals surface area contributed by atoms with E-state index in [2.05, 4.69) is 16.5 Å². The minimum absolute atomic E-state index is 0.0160. The molecule has 0 aliphatic rings. The molecule has 0 saturated carbocycles. The smallest absolute Gasteiger partial charge is 0.327 e. The van der Waals surface area contributed by atoms with Gasteiger partial charge in [0.15, 0.2) is 0 Å². The summed E-state index contributed by atoms with van der Waals surface area (Å²) < 4.78 is 39.8. The van der Waals surface area contributed by atoms with Gasteiger partial charge in [0.25, 0.3) is 0 Å². The molecule has 0 amide bonds. The molecule has 0 fully saturated rings. The number of fused-ring (bicyclic) bond motifs is 3. The summed E-state index contributed by atoms with van der Waals surface area (Å²) in [6.45, 7) is 2.34. The van der Waals surface area contributed by atoms with Crippen molar-refractivity contribution in [1.82, 2.24) is 14.5 Å². The summed E-state index contributed by atoms with van der Waals surface area (Å²) in [5.41, 5.74) is 1.13. The van der Waals surface area contributed by atoms with Gasteiger partial charge in [-0.15, -0.1) is 0 Å². The van der Waals surface area contributed by atoms with Gasteiger partial charge in [-0.05, 0) is 12.1 Å². The molecule has 3 heterocycles. The van der Waals surface area contributed by atoms with Crippen molar-refractivity contribution in [3.63, 3.8) is 0 Å². The van der Waals surface area contributed by atoms with Crippen LogP contribution in [0.15, 0.2) is 25.0 Å². The van der Waals surface area contributed by atoms with Crippen molar-refractivity contribution in [2.75, 3.05) is 0 Å². The molecule has 0 atom stereocenters. The zero-order valence-electron chi connectivity index (χ0n) is 11.5. The highest BCUT2D eigenvalue weighted by molar-refractivity contribution is 6.37. The number of nitrogens with zero attached hydrogens (tertiary/aromatic N) is 4. The molecule has 0 aliphatic heterocycles. The topological polar surface area (TPSA) is 54.5 Å². The Morgan fingerprint density at radius 3 is 2.70 bits per heavy atom. The van der Waals surface area contributed by atoms with E-state index < -0.39 is 12.7 Å². The quantitative estimate of drug-likeness (QED) is 0.700. The Hall–Kier alpha value is -2.59. The standard InChI is InChI=1S/C15H8ClF3N4/c1-2-9-3-10-11(6-21-9)23(7-15(17,18)19)14-12(16)8(4-20)5-22-13(10)14/h2-3,5-6H,1,7H2. The van der Waals surface area contributed by atoms with Crippen LogP contribution in [0, 0.1) is 11.3 Å². The fourth-order valence-electron chi connectivity index (χ4n) is 2.44. The maximum atomic E-state index is 12.9. The molecule has 0 N–H and O–H groups in total. The predicted molar refractivity (Wildman–Crippen MR) is 80.9 cm³/mol. The van der Waals surface area contributed by atoms with Crippen molar-refractivity contribution in [2.24, 2.45) is 0 Å². The minimum atomic E-state index is -4.46. The monoisotopic (exact) mass is 336 g/mol. The van der Waals surface area contributed by atoms with E-state index in [1.807, 2.05) is 6.07 Å². The van der Waals surface area contributed by atoms with E-state index in [1.54, 1.807) is 6.07 Å². The summed E-state index contributed by atoms with van der Waals surface area (Å²) in [4.78, 5) is 8.15. The van der Waals surface area contributed by atoms with Crippen LogP contribution < -0.4 is 0 Å². The Kier molecular flexibility index (Phi) is 3.49. The average Bonchev–Trinajstić information content (AvgIpc) is 2.80. The second-order valence-corrected chi connectivity index (χ2v) is 5.20. The summed E-state index contributed by atoms with van der Waals surface area (Å²) in [7, 11) is 0. The van der Waals surface area contributed by atoms with Gasteiger partial charge in [-0.1, -0.05) is 18.2 Å². The van der Waals surface area contributed by atoms with Crippen LogP contribution in [-0.2, 0) is 6.54 Å². The molecule has 23 heavy (non-hydrogen) atoms. The van der Waals surface area contributed by atoms with Gasteiger partial charge in [0, 0.05) is 11.6 Å². The Balaban J connectivity index is 2.49. The zero-order valence-corrected chi connectivity index (χ0v) is 12.3. The molecule has 3 aromatic rings. The summed E-state index contributed by atoms with van der Waals surface area (Å²) in [5, 5.41) is 9.44. The lowest BCUT2D eigenvalue weighted by molar-refractivity contribution is -0.139. The second kappa shape index (κ2) is 5.25. The van der Waals surface area contributed by atoms with E-state index in [-0.39, 0.29) is 21.6 Å². The first kappa shape index (κ1) is 15.3. The number of hydrogen-bond donors (Lipinski definition) is 0. The van der Waals surface area contributed by atoms with Crippen LogP contribution in [0.3, 0.4) is 0 Å². The van der Waals surface area contributed by atoms with Crippen LogP contribution in [0.25, 0.3) is 28.0 Å². The fraction of sp³-hybridized carbons (Fsp3) is 0.133. The predicted octanol–water partition coefficient (Wildman–Crippen LogP) is 4.31.